The first-order chi connectivity index (χ1) is 14.0. The Labute approximate surface area is 176 Å². The van der Waals surface area contributed by atoms with Crippen LogP contribution in [-0.4, -0.2) is 26.0 Å². The number of aromatic nitrogens is 3. The number of carboxylic acid groups (broad SMARTS) is 1. The Morgan fingerprint density at radius 1 is 1.00 bits per heavy atom. The van der Waals surface area contributed by atoms with Crippen molar-refractivity contribution in [2.45, 2.75) is 0 Å². The summed E-state index contributed by atoms with van der Waals surface area (Å²) in [5.41, 5.74) is 3.43. The third-order valence-electron chi connectivity index (χ3n) is 4.18. The molecule has 2 aromatic carbocycles. The summed E-state index contributed by atoms with van der Waals surface area (Å²) < 4.78 is 0. The second kappa shape index (κ2) is 7.95. The molecule has 29 heavy (non-hydrogen) atoms. The van der Waals surface area contributed by atoms with Gasteiger partial charge < -0.3 is 15.4 Å². The van der Waals surface area contributed by atoms with Crippen molar-refractivity contribution in [3.63, 3.8) is 0 Å². The Hall–Kier alpha value is -3.35. The van der Waals surface area contributed by atoms with Crippen LogP contribution < -0.4 is 5.32 Å². The predicted octanol–water partition coefficient (Wildman–Crippen LogP) is 5.89. The van der Waals surface area contributed by atoms with Crippen molar-refractivity contribution < 1.29 is 9.90 Å². The van der Waals surface area contributed by atoms with Crippen LogP contribution in [-0.2, 0) is 0 Å². The molecule has 0 saturated heterocycles. The Bertz CT molecular complexity index is 1170. The maximum Gasteiger partial charge on any atom is 0.352 e. The van der Waals surface area contributed by atoms with Gasteiger partial charge >= 0.3 is 5.97 Å². The lowest BCUT2D eigenvalue weighted by atomic mass is 10.0. The maximum atomic E-state index is 11.3. The molecule has 2 aromatic heterocycles. The number of hydrogen-bond acceptors (Lipinski definition) is 4. The van der Waals surface area contributed by atoms with E-state index in [0.717, 1.165) is 11.3 Å². The zero-order valence-corrected chi connectivity index (χ0v) is 16.4. The van der Waals surface area contributed by atoms with Crippen LogP contribution in [0.2, 0.25) is 10.0 Å². The summed E-state index contributed by atoms with van der Waals surface area (Å²) in [5.74, 6) is -0.679. The predicted molar refractivity (Wildman–Crippen MR) is 114 cm³/mol. The lowest BCUT2D eigenvalue weighted by Crippen LogP contribution is -2.00. The molecule has 0 unspecified atom stereocenters. The molecule has 4 rings (SSSR count). The monoisotopic (exact) mass is 424 g/mol. The van der Waals surface area contributed by atoms with Gasteiger partial charge in [0.1, 0.15) is 5.69 Å². The summed E-state index contributed by atoms with van der Waals surface area (Å²) >= 11 is 12.3. The van der Waals surface area contributed by atoms with Crippen LogP contribution in [0.4, 0.5) is 11.6 Å². The van der Waals surface area contributed by atoms with E-state index in [2.05, 4.69) is 20.3 Å². The highest BCUT2D eigenvalue weighted by Gasteiger charge is 2.16. The van der Waals surface area contributed by atoms with Gasteiger partial charge in [-0.3, -0.25) is 0 Å². The third kappa shape index (κ3) is 4.23. The summed E-state index contributed by atoms with van der Waals surface area (Å²) in [4.78, 5) is 23.1. The average molecular weight is 425 g/mol. The van der Waals surface area contributed by atoms with Gasteiger partial charge in [-0.2, -0.15) is 0 Å². The highest BCUT2D eigenvalue weighted by molar-refractivity contribution is 6.35. The molecule has 0 amide bonds. The van der Waals surface area contributed by atoms with Gasteiger partial charge in [0.15, 0.2) is 0 Å². The zero-order valence-electron chi connectivity index (χ0n) is 14.9. The minimum absolute atomic E-state index is 0.0613. The number of carbonyl (C=O) groups is 1. The van der Waals surface area contributed by atoms with Crippen LogP contribution in [0.15, 0.2) is 67.0 Å². The summed E-state index contributed by atoms with van der Waals surface area (Å²) in [6.07, 6.45) is 3.25. The summed E-state index contributed by atoms with van der Waals surface area (Å²) in [5, 5.41) is 13.3. The molecular formula is C21H14Cl2N4O2. The highest BCUT2D eigenvalue weighted by Crippen LogP contribution is 2.34. The fourth-order valence-electron chi connectivity index (χ4n) is 2.89. The molecule has 0 spiro atoms. The number of H-pyrrole nitrogens is 1. The number of nitrogens with zero attached hydrogens (tertiary/aromatic N) is 2. The maximum absolute atomic E-state index is 11.3. The van der Waals surface area contributed by atoms with Crippen LogP contribution in [0.3, 0.4) is 0 Å². The Balaban J connectivity index is 1.84. The minimum Gasteiger partial charge on any atom is -0.477 e. The lowest BCUT2D eigenvalue weighted by molar-refractivity contribution is 0.0691. The van der Waals surface area contributed by atoms with Crippen LogP contribution in [0.1, 0.15) is 10.5 Å². The first-order valence-corrected chi connectivity index (χ1v) is 9.33. The van der Waals surface area contributed by atoms with Gasteiger partial charge in [-0.15, -0.1) is 0 Å². The molecule has 0 bridgehead atoms. The second-order valence-corrected chi connectivity index (χ2v) is 7.09. The Kier molecular flexibility index (Phi) is 5.20. The highest BCUT2D eigenvalue weighted by atomic mass is 35.5. The number of aromatic amines is 1. The molecule has 0 aliphatic heterocycles. The van der Waals surface area contributed by atoms with Crippen LogP contribution in [0, 0.1) is 0 Å². The molecular weight excluding hydrogens is 411 g/mol. The van der Waals surface area contributed by atoms with E-state index in [1.54, 1.807) is 30.6 Å². The molecule has 2 heterocycles. The molecule has 0 fully saturated rings. The van der Waals surface area contributed by atoms with Gasteiger partial charge in [0.05, 0.1) is 5.69 Å². The number of rotatable bonds is 5. The molecule has 0 saturated carbocycles. The number of carboxylic acids is 1. The number of halogens is 2. The molecule has 0 aliphatic carbocycles. The quantitative estimate of drug-likeness (QED) is 0.371. The van der Waals surface area contributed by atoms with Crippen molar-refractivity contribution in [3.05, 3.63) is 82.7 Å². The fraction of sp³-hybridized carbons (Fsp3) is 0. The van der Waals surface area contributed by atoms with E-state index in [0.29, 0.717) is 32.8 Å². The molecule has 3 N–H and O–H groups in total. The van der Waals surface area contributed by atoms with Gasteiger partial charge in [0.2, 0.25) is 5.95 Å². The van der Waals surface area contributed by atoms with Crippen molar-refractivity contribution in [1.82, 2.24) is 15.0 Å². The van der Waals surface area contributed by atoms with Gasteiger partial charge in [-0.25, -0.2) is 14.8 Å². The van der Waals surface area contributed by atoms with Gasteiger partial charge in [0.25, 0.3) is 0 Å². The van der Waals surface area contributed by atoms with E-state index in [9.17, 15) is 9.90 Å². The molecule has 8 heteroatoms. The summed E-state index contributed by atoms with van der Waals surface area (Å²) in [6, 6.07) is 16.2. The van der Waals surface area contributed by atoms with Crippen molar-refractivity contribution in [2.75, 3.05) is 5.32 Å². The van der Waals surface area contributed by atoms with Gasteiger partial charge in [0, 0.05) is 39.3 Å². The standard InChI is InChI=1S/C21H14Cl2N4O2/c22-14-6-12(7-15(23)9-14)17-11-25-21(26-16-4-2-1-3-5-16)27-19(17)13-8-18(20(28)29)24-10-13/h1-11,24H,(H,28,29)(H,25,26,27). The molecule has 6 nitrogen and oxygen atoms in total. The largest absolute Gasteiger partial charge is 0.477 e. The minimum atomic E-state index is -1.06. The van der Waals surface area contributed by atoms with E-state index in [1.165, 1.54) is 6.07 Å². The number of aromatic carboxylic acids is 1. The van der Waals surface area contributed by atoms with E-state index in [1.807, 2.05) is 30.3 Å². The van der Waals surface area contributed by atoms with E-state index >= 15 is 0 Å². The van der Waals surface area contributed by atoms with E-state index in [-0.39, 0.29) is 5.69 Å². The smallest absolute Gasteiger partial charge is 0.352 e. The van der Waals surface area contributed by atoms with Crippen molar-refractivity contribution in [1.29, 1.82) is 0 Å². The number of benzene rings is 2. The Morgan fingerprint density at radius 3 is 2.38 bits per heavy atom. The SMILES string of the molecule is O=C(O)c1cc(-c2nc(Nc3ccccc3)ncc2-c2cc(Cl)cc(Cl)c2)c[nH]1. The van der Waals surface area contributed by atoms with Gasteiger partial charge in [-0.05, 0) is 42.0 Å². The number of nitrogens with one attached hydrogen (secondary N) is 2. The normalized spacial score (nSPS) is 10.7. The van der Waals surface area contributed by atoms with E-state index in [4.69, 9.17) is 23.2 Å². The van der Waals surface area contributed by atoms with Gasteiger partial charge in [-0.1, -0.05) is 41.4 Å². The molecule has 144 valence electrons. The molecule has 0 aliphatic rings. The summed E-state index contributed by atoms with van der Waals surface area (Å²) in [7, 11) is 0. The molecule has 0 atom stereocenters. The first kappa shape index (κ1) is 19.0. The topological polar surface area (TPSA) is 90.9 Å². The number of hydrogen-bond donors (Lipinski definition) is 3. The van der Waals surface area contributed by atoms with Crippen molar-refractivity contribution >= 4 is 40.8 Å². The van der Waals surface area contributed by atoms with Crippen molar-refractivity contribution in [2.24, 2.45) is 0 Å². The lowest BCUT2D eigenvalue weighted by Gasteiger charge is -2.11. The molecule has 4 aromatic rings. The zero-order chi connectivity index (χ0) is 20.4. The second-order valence-electron chi connectivity index (χ2n) is 6.21. The van der Waals surface area contributed by atoms with Crippen molar-refractivity contribution in [3.8, 4) is 22.4 Å². The van der Waals surface area contributed by atoms with E-state index < -0.39 is 5.97 Å². The molecule has 0 radical (unpaired) electrons. The Morgan fingerprint density at radius 2 is 1.72 bits per heavy atom. The third-order valence-corrected chi connectivity index (χ3v) is 4.62. The number of anilines is 2. The first-order valence-electron chi connectivity index (χ1n) is 8.57. The van der Waals surface area contributed by atoms with Crippen LogP contribution in [0.5, 0.6) is 0 Å². The number of para-hydroxylation sites is 1. The van der Waals surface area contributed by atoms with Crippen LogP contribution in [0.25, 0.3) is 22.4 Å². The fourth-order valence-corrected chi connectivity index (χ4v) is 3.41. The van der Waals surface area contributed by atoms with Crippen LogP contribution >= 0.6 is 23.2 Å². The summed E-state index contributed by atoms with van der Waals surface area (Å²) in [6.45, 7) is 0. The average Bonchev–Trinajstić information content (AvgIpc) is 3.18.